The van der Waals surface area contributed by atoms with Crippen LogP contribution in [0.2, 0.25) is 0 Å². The summed E-state index contributed by atoms with van der Waals surface area (Å²) in [6.07, 6.45) is -1.96. The summed E-state index contributed by atoms with van der Waals surface area (Å²) in [4.78, 5) is 20.9. The first-order chi connectivity index (χ1) is 7.29. The monoisotopic (exact) mass is 237 g/mol. The first-order valence-electron chi connectivity index (χ1n) is 4.57. The molecule has 7 heteroatoms. The Labute approximate surface area is 89.1 Å². The van der Waals surface area contributed by atoms with Gasteiger partial charge in [0.15, 0.2) is 0 Å². The zero-order valence-corrected chi connectivity index (χ0v) is 8.12. The molecule has 2 atom stereocenters. The van der Waals surface area contributed by atoms with E-state index < -0.39 is 24.1 Å². The number of amides is 1. The number of allylic oxidation sites excluding steroid dienone is 1. The van der Waals surface area contributed by atoms with E-state index in [0.29, 0.717) is 0 Å². The van der Waals surface area contributed by atoms with Crippen LogP contribution in [0, 0.1) is 5.92 Å². The van der Waals surface area contributed by atoms with Crippen LogP contribution >= 0.6 is 0 Å². The highest BCUT2D eigenvalue weighted by Gasteiger charge is 2.40. The van der Waals surface area contributed by atoms with Crippen molar-refractivity contribution in [3.05, 3.63) is 12.2 Å². The second kappa shape index (κ2) is 4.54. The van der Waals surface area contributed by atoms with E-state index in [1.165, 1.54) is 12.2 Å². The lowest BCUT2D eigenvalue weighted by atomic mass is 10.0. The number of aliphatic carboxylic acids is 1. The molecule has 4 nitrogen and oxygen atoms in total. The molecule has 16 heavy (non-hydrogen) atoms. The van der Waals surface area contributed by atoms with Crippen LogP contribution < -0.4 is 5.32 Å². The first-order valence-corrected chi connectivity index (χ1v) is 4.57. The molecule has 90 valence electrons. The molecular weight excluding hydrogens is 227 g/mol. The summed E-state index contributed by atoms with van der Waals surface area (Å²) in [6.45, 7) is 0. The van der Waals surface area contributed by atoms with E-state index in [0.717, 1.165) is 0 Å². The van der Waals surface area contributed by atoms with E-state index in [4.69, 9.17) is 5.11 Å². The normalized spacial score (nSPS) is 24.4. The molecule has 0 radical (unpaired) electrons. The number of halogens is 3. The molecule has 0 bridgehead atoms. The van der Waals surface area contributed by atoms with E-state index in [1.807, 2.05) is 0 Å². The highest BCUT2D eigenvalue weighted by Crippen LogP contribution is 2.22. The van der Waals surface area contributed by atoms with Crippen LogP contribution in [-0.4, -0.2) is 29.2 Å². The fraction of sp³-hybridized carbons (Fsp3) is 0.556. The molecule has 0 spiro atoms. The number of hydrogen-bond acceptors (Lipinski definition) is 2. The van der Waals surface area contributed by atoms with Crippen molar-refractivity contribution in [2.24, 2.45) is 5.92 Å². The Balaban J connectivity index is 2.41. The summed E-state index contributed by atoms with van der Waals surface area (Å²) in [7, 11) is 0. The van der Waals surface area contributed by atoms with Crippen molar-refractivity contribution in [1.82, 2.24) is 5.32 Å². The lowest BCUT2D eigenvalue weighted by Gasteiger charge is -2.14. The number of carbonyl (C=O) groups is 2. The van der Waals surface area contributed by atoms with E-state index in [-0.39, 0.29) is 18.8 Å². The number of carbonyl (C=O) groups excluding carboxylic acids is 1. The standard InChI is InChI=1S/C9H10F3NO3/c10-9(11,12)8(16)13-6-2-1-5(3-6)4-7(14)15/h1-2,5-6H,3-4H2,(H,13,16)(H,14,15)/t5-,6+/m1/s1. The van der Waals surface area contributed by atoms with Gasteiger partial charge in [-0.25, -0.2) is 0 Å². The van der Waals surface area contributed by atoms with Crippen molar-refractivity contribution < 1.29 is 27.9 Å². The topological polar surface area (TPSA) is 66.4 Å². The Hall–Kier alpha value is -1.53. The molecule has 0 saturated carbocycles. The van der Waals surface area contributed by atoms with Crippen LogP contribution in [0.1, 0.15) is 12.8 Å². The van der Waals surface area contributed by atoms with Crippen molar-refractivity contribution in [1.29, 1.82) is 0 Å². The van der Waals surface area contributed by atoms with Gasteiger partial charge in [-0.3, -0.25) is 9.59 Å². The SMILES string of the molecule is O=C(O)C[C@@H]1C=C[C@H](NC(=O)C(F)(F)F)C1. The summed E-state index contributed by atoms with van der Waals surface area (Å²) in [5, 5.41) is 10.2. The Kier molecular flexibility index (Phi) is 3.56. The minimum Gasteiger partial charge on any atom is -0.481 e. The van der Waals surface area contributed by atoms with Gasteiger partial charge < -0.3 is 10.4 Å². The molecule has 1 amide bonds. The van der Waals surface area contributed by atoms with Crippen molar-refractivity contribution in [3.8, 4) is 0 Å². The maximum absolute atomic E-state index is 11.9. The van der Waals surface area contributed by atoms with Crippen molar-refractivity contribution in [2.45, 2.75) is 25.1 Å². The third kappa shape index (κ3) is 3.56. The van der Waals surface area contributed by atoms with Gasteiger partial charge in [0, 0.05) is 6.04 Å². The number of hydrogen-bond donors (Lipinski definition) is 2. The van der Waals surface area contributed by atoms with Crippen LogP contribution in [0.3, 0.4) is 0 Å². The maximum atomic E-state index is 11.9. The number of carboxylic acids is 1. The van der Waals surface area contributed by atoms with Gasteiger partial charge in [-0.05, 0) is 12.3 Å². The summed E-state index contributed by atoms with van der Waals surface area (Å²) < 4.78 is 35.6. The molecule has 0 unspecified atom stereocenters. The van der Waals surface area contributed by atoms with Gasteiger partial charge >= 0.3 is 18.1 Å². The van der Waals surface area contributed by atoms with E-state index >= 15 is 0 Å². The molecule has 1 rings (SSSR count). The fourth-order valence-corrected chi connectivity index (χ4v) is 1.51. The molecule has 0 saturated heterocycles. The van der Waals surface area contributed by atoms with Crippen LogP contribution in [0.5, 0.6) is 0 Å². The smallest absolute Gasteiger partial charge is 0.471 e. The molecule has 1 aliphatic carbocycles. The Morgan fingerprint density at radius 2 is 2.00 bits per heavy atom. The number of alkyl halides is 3. The predicted molar refractivity (Wildman–Crippen MR) is 47.5 cm³/mol. The second-order valence-electron chi connectivity index (χ2n) is 3.56. The van der Waals surface area contributed by atoms with Gasteiger partial charge in [-0.15, -0.1) is 0 Å². The van der Waals surface area contributed by atoms with Crippen molar-refractivity contribution >= 4 is 11.9 Å². The average molecular weight is 237 g/mol. The van der Waals surface area contributed by atoms with Crippen LogP contribution in [0.25, 0.3) is 0 Å². The Morgan fingerprint density at radius 1 is 1.38 bits per heavy atom. The Morgan fingerprint density at radius 3 is 2.50 bits per heavy atom. The van der Waals surface area contributed by atoms with E-state index in [1.54, 1.807) is 5.32 Å². The summed E-state index contributed by atoms with van der Waals surface area (Å²) in [6, 6.07) is -0.738. The lowest BCUT2D eigenvalue weighted by Crippen LogP contribution is -2.41. The van der Waals surface area contributed by atoms with Gasteiger partial charge in [-0.2, -0.15) is 13.2 Å². The second-order valence-corrected chi connectivity index (χ2v) is 3.56. The van der Waals surface area contributed by atoms with Crippen molar-refractivity contribution in [3.63, 3.8) is 0 Å². The number of carboxylic acid groups (broad SMARTS) is 1. The van der Waals surface area contributed by atoms with Crippen molar-refractivity contribution in [2.75, 3.05) is 0 Å². The summed E-state index contributed by atoms with van der Waals surface area (Å²) >= 11 is 0. The quantitative estimate of drug-likeness (QED) is 0.722. The largest absolute Gasteiger partial charge is 0.481 e. The predicted octanol–water partition coefficient (Wildman–Crippen LogP) is 1.08. The number of nitrogens with one attached hydrogen (secondary N) is 1. The first kappa shape index (κ1) is 12.5. The lowest BCUT2D eigenvalue weighted by molar-refractivity contribution is -0.174. The zero-order chi connectivity index (χ0) is 12.3. The summed E-state index contributed by atoms with van der Waals surface area (Å²) in [5.74, 6) is -3.34. The Bertz CT molecular complexity index is 324. The minimum absolute atomic E-state index is 0.144. The molecule has 0 aromatic heterocycles. The van der Waals surface area contributed by atoms with Gasteiger partial charge in [0.25, 0.3) is 0 Å². The highest BCUT2D eigenvalue weighted by molar-refractivity contribution is 5.82. The van der Waals surface area contributed by atoms with Crippen LogP contribution in [0.15, 0.2) is 12.2 Å². The van der Waals surface area contributed by atoms with Crippen LogP contribution in [0.4, 0.5) is 13.2 Å². The fourth-order valence-electron chi connectivity index (χ4n) is 1.51. The maximum Gasteiger partial charge on any atom is 0.471 e. The molecule has 0 heterocycles. The van der Waals surface area contributed by atoms with Gasteiger partial charge in [-0.1, -0.05) is 12.2 Å². The molecule has 0 aromatic carbocycles. The molecule has 0 fully saturated rings. The molecule has 0 aliphatic heterocycles. The van der Waals surface area contributed by atoms with E-state index in [9.17, 15) is 22.8 Å². The van der Waals surface area contributed by atoms with E-state index in [2.05, 4.69) is 0 Å². The molecule has 1 aliphatic rings. The molecule has 2 N–H and O–H groups in total. The van der Waals surface area contributed by atoms with Gasteiger partial charge in [0.2, 0.25) is 0 Å². The summed E-state index contributed by atoms with van der Waals surface area (Å²) in [5.41, 5.74) is 0. The number of rotatable bonds is 3. The molecular formula is C9H10F3NO3. The molecule has 0 aromatic rings. The van der Waals surface area contributed by atoms with Gasteiger partial charge in [0.05, 0.1) is 6.42 Å². The highest BCUT2D eigenvalue weighted by atomic mass is 19.4. The zero-order valence-electron chi connectivity index (χ0n) is 8.12. The third-order valence-corrected chi connectivity index (χ3v) is 2.18. The van der Waals surface area contributed by atoms with Crippen LogP contribution in [-0.2, 0) is 9.59 Å². The minimum atomic E-state index is -4.90. The third-order valence-electron chi connectivity index (χ3n) is 2.18. The average Bonchev–Trinajstić information content (AvgIpc) is 2.49. The van der Waals surface area contributed by atoms with Gasteiger partial charge in [0.1, 0.15) is 0 Å².